The molecule has 250 valence electrons. The summed E-state index contributed by atoms with van der Waals surface area (Å²) in [5, 5.41) is 6.79. The quantitative estimate of drug-likeness (QED) is 0.151. The Labute approximate surface area is 288 Å². The molecule has 0 spiro atoms. The van der Waals surface area contributed by atoms with Gasteiger partial charge in [-0.1, -0.05) is 64.1 Å². The number of carbonyl (C=O) groups excluding carboxylic acids is 2. The van der Waals surface area contributed by atoms with Crippen LogP contribution >= 0.6 is 27.7 Å². The summed E-state index contributed by atoms with van der Waals surface area (Å²) in [6, 6.07) is 23.0. The van der Waals surface area contributed by atoms with E-state index in [4.69, 9.17) is 4.74 Å². The highest BCUT2D eigenvalue weighted by molar-refractivity contribution is 9.10. The number of ether oxygens (including phenoxy) is 2. The van der Waals surface area contributed by atoms with Crippen LogP contribution in [-0.2, 0) is 22.7 Å². The van der Waals surface area contributed by atoms with E-state index in [1.807, 2.05) is 42.5 Å². The molecular weight excluding hydrogens is 732 g/mol. The highest BCUT2D eigenvalue weighted by atomic mass is 79.9. The molecule has 0 saturated carbocycles. The van der Waals surface area contributed by atoms with Gasteiger partial charge in [-0.25, -0.2) is 18.9 Å². The van der Waals surface area contributed by atoms with Crippen LogP contribution in [0.25, 0.3) is 17.1 Å². The summed E-state index contributed by atoms with van der Waals surface area (Å²) in [4.78, 5) is 35.5. The van der Waals surface area contributed by atoms with E-state index in [0.29, 0.717) is 28.0 Å². The van der Waals surface area contributed by atoms with Gasteiger partial charge >= 0.3 is 12.4 Å². The minimum absolute atomic E-state index is 0.0527. The van der Waals surface area contributed by atoms with Gasteiger partial charge in [0.2, 0.25) is 5.91 Å². The molecule has 1 aliphatic heterocycles. The molecule has 3 amide bonds. The zero-order valence-corrected chi connectivity index (χ0v) is 27.4. The van der Waals surface area contributed by atoms with Crippen LogP contribution in [0.4, 0.5) is 33.7 Å². The van der Waals surface area contributed by atoms with Gasteiger partial charge in [-0.15, -0.1) is 18.3 Å². The van der Waals surface area contributed by atoms with Crippen LogP contribution in [0, 0.1) is 5.82 Å². The highest BCUT2D eigenvalue weighted by Gasteiger charge is 2.33. The molecule has 0 bridgehead atoms. The van der Waals surface area contributed by atoms with Crippen LogP contribution < -0.4 is 15.0 Å². The molecule has 2 heterocycles. The van der Waals surface area contributed by atoms with Crippen molar-refractivity contribution in [2.45, 2.75) is 19.6 Å². The van der Waals surface area contributed by atoms with Crippen molar-refractivity contribution in [3.63, 3.8) is 0 Å². The number of aromatic nitrogens is 3. The SMILES string of the molecule is O=C(/N=C1\SCC(=O)N1c1cc(Br)ccc1COCc1ccccc1)Nc1ccc(-c2ncn(-c3ccc(OC(F)(F)F)cc3)n2)cc1F. The lowest BCUT2D eigenvalue weighted by molar-refractivity contribution is -0.274. The van der Waals surface area contributed by atoms with Crippen LogP contribution in [0.15, 0.2) is 107 Å². The third-order valence-corrected chi connectivity index (χ3v) is 8.33. The van der Waals surface area contributed by atoms with Gasteiger partial charge in [-0.2, -0.15) is 4.99 Å². The number of halogens is 5. The van der Waals surface area contributed by atoms with E-state index in [1.54, 1.807) is 6.07 Å². The van der Waals surface area contributed by atoms with Crippen LogP contribution in [0.2, 0.25) is 0 Å². The largest absolute Gasteiger partial charge is 0.573 e. The average molecular weight is 756 g/mol. The maximum atomic E-state index is 15.1. The van der Waals surface area contributed by atoms with Crippen molar-refractivity contribution in [3.8, 4) is 22.8 Å². The number of hydrogen-bond acceptors (Lipinski definition) is 7. The zero-order valence-electron chi connectivity index (χ0n) is 25.0. The van der Waals surface area contributed by atoms with E-state index in [2.05, 4.69) is 41.1 Å². The fraction of sp³-hybridized carbons (Fsp3) is 0.121. The molecule has 49 heavy (non-hydrogen) atoms. The molecule has 10 nitrogen and oxygen atoms in total. The smallest absolute Gasteiger partial charge is 0.406 e. The number of thioether (sulfide) groups is 1. The first-order valence-electron chi connectivity index (χ1n) is 14.4. The molecule has 5 aromatic rings. The molecule has 1 fully saturated rings. The molecular formula is C33H23BrF4N6O4S. The number of carbonyl (C=O) groups is 2. The standard InChI is InChI=1S/C33H23BrF4N6O4S/c34-23-8-6-22(17-47-16-20-4-2-1-3-5-20)28(15-23)44-29(45)18-49-32(44)41-31(46)40-27-13-7-21(14-26(27)35)30-39-19-43(42-30)24-9-11-25(12-10-24)48-33(36,37)38/h1-15,19H,16-18H2,(H,40,46)/b41-32-. The van der Waals surface area contributed by atoms with E-state index in [0.717, 1.165) is 35.5 Å². The van der Waals surface area contributed by atoms with Crippen molar-refractivity contribution in [3.05, 3.63) is 119 Å². The maximum Gasteiger partial charge on any atom is 0.573 e. The number of nitrogens with zero attached hydrogens (tertiary/aromatic N) is 5. The second-order valence-corrected chi connectivity index (χ2v) is 12.2. The van der Waals surface area contributed by atoms with Crippen molar-refractivity contribution < 1.29 is 36.6 Å². The number of benzene rings is 4. The number of amides is 3. The fourth-order valence-electron chi connectivity index (χ4n) is 4.71. The Morgan fingerprint density at radius 2 is 1.78 bits per heavy atom. The Morgan fingerprint density at radius 3 is 2.51 bits per heavy atom. The van der Waals surface area contributed by atoms with Crippen LogP contribution in [0.3, 0.4) is 0 Å². The van der Waals surface area contributed by atoms with Crippen LogP contribution in [0.5, 0.6) is 5.75 Å². The predicted octanol–water partition coefficient (Wildman–Crippen LogP) is 8.12. The van der Waals surface area contributed by atoms with Crippen LogP contribution in [0.1, 0.15) is 11.1 Å². The van der Waals surface area contributed by atoms with Crippen molar-refractivity contribution in [1.29, 1.82) is 0 Å². The number of urea groups is 1. The summed E-state index contributed by atoms with van der Waals surface area (Å²) >= 11 is 4.52. The maximum absolute atomic E-state index is 15.1. The Bertz CT molecular complexity index is 2030. The average Bonchev–Trinajstić information content (AvgIpc) is 3.70. The Balaban J connectivity index is 1.14. The van der Waals surface area contributed by atoms with Gasteiger partial charge in [0.1, 0.15) is 17.9 Å². The summed E-state index contributed by atoms with van der Waals surface area (Å²) in [6.07, 6.45) is -3.50. The normalized spacial score (nSPS) is 14.0. The second-order valence-electron chi connectivity index (χ2n) is 10.3. The summed E-state index contributed by atoms with van der Waals surface area (Å²) in [7, 11) is 0. The Morgan fingerprint density at radius 1 is 1.00 bits per heavy atom. The minimum atomic E-state index is -4.82. The molecule has 1 aliphatic rings. The lowest BCUT2D eigenvalue weighted by atomic mass is 10.1. The number of alkyl halides is 3. The number of hydrogen-bond donors (Lipinski definition) is 1. The highest BCUT2D eigenvalue weighted by Crippen LogP contribution is 2.33. The van der Waals surface area contributed by atoms with E-state index in [-0.39, 0.29) is 40.5 Å². The van der Waals surface area contributed by atoms with Crippen LogP contribution in [-0.4, -0.2) is 44.0 Å². The summed E-state index contributed by atoms with van der Waals surface area (Å²) in [5.41, 5.74) is 2.69. The molecule has 4 aromatic carbocycles. The molecule has 1 N–H and O–H groups in total. The van der Waals surface area contributed by atoms with Crippen molar-refractivity contribution in [2.75, 3.05) is 16.0 Å². The fourth-order valence-corrected chi connectivity index (χ4v) is 5.92. The first kappa shape index (κ1) is 33.8. The third-order valence-electron chi connectivity index (χ3n) is 6.92. The molecule has 0 unspecified atom stereocenters. The molecule has 1 aromatic heterocycles. The van der Waals surface area contributed by atoms with Gasteiger partial charge in [0.05, 0.1) is 36.0 Å². The Hall–Kier alpha value is -5.06. The number of nitrogens with one attached hydrogen (secondary N) is 1. The van der Waals surface area contributed by atoms with Gasteiger partial charge in [0.15, 0.2) is 11.0 Å². The number of rotatable bonds is 9. The monoisotopic (exact) mass is 754 g/mol. The van der Waals surface area contributed by atoms with Gasteiger partial charge in [0, 0.05) is 15.6 Å². The second kappa shape index (κ2) is 14.6. The molecule has 0 aliphatic carbocycles. The van der Waals surface area contributed by atoms with Gasteiger partial charge in [-0.05, 0) is 60.2 Å². The molecule has 0 atom stereocenters. The predicted molar refractivity (Wildman–Crippen MR) is 179 cm³/mol. The lowest BCUT2D eigenvalue weighted by Gasteiger charge is -2.20. The molecule has 6 rings (SSSR count). The number of amidine groups is 1. The first-order chi connectivity index (χ1) is 23.5. The van der Waals surface area contributed by atoms with Gasteiger partial charge < -0.3 is 14.8 Å². The third kappa shape index (κ3) is 8.51. The number of anilines is 2. The van der Waals surface area contributed by atoms with E-state index in [9.17, 15) is 22.8 Å². The molecule has 1 saturated heterocycles. The Kier molecular flexibility index (Phi) is 10.1. The minimum Gasteiger partial charge on any atom is -0.406 e. The van der Waals surface area contributed by atoms with Crippen molar-refractivity contribution >= 4 is 56.2 Å². The topological polar surface area (TPSA) is 111 Å². The van der Waals surface area contributed by atoms with E-state index >= 15 is 4.39 Å². The zero-order chi connectivity index (χ0) is 34.5. The number of aliphatic imine (C=N–C) groups is 1. The van der Waals surface area contributed by atoms with Gasteiger partial charge in [0.25, 0.3) is 0 Å². The summed E-state index contributed by atoms with van der Waals surface area (Å²) < 4.78 is 64.3. The molecule has 0 radical (unpaired) electrons. The van der Waals surface area contributed by atoms with Crippen molar-refractivity contribution in [1.82, 2.24) is 14.8 Å². The molecule has 16 heteroatoms. The summed E-state index contributed by atoms with van der Waals surface area (Å²) in [6.45, 7) is 0.558. The van der Waals surface area contributed by atoms with Gasteiger partial charge in [-0.3, -0.25) is 9.69 Å². The first-order valence-corrected chi connectivity index (χ1v) is 16.1. The van der Waals surface area contributed by atoms with Crippen molar-refractivity contribution in [2.24, 2.45) is 4.99 Å². The van der Waals surface area contributed by atoms with E-state index < -0.39 is 24.0 Å². The van der Waals surface area contributed by atoms with E-state index in [1.165, 1.54) is 40.2 Å². The lowest BCUT2D eigenvalue weighted by Crippen LogP contribution is -2.31. The summed E-state index contributed by atoms with van der Waals surface area (Å²) in [5.74, 6) is -1.30.